The van der Waals surface area contributed by atoms with Gasteiger partial charge in [-0.05, 0) is 37.7 Å². The Balaban J connectivity index is 2.21. The van der Waals surface area contributed by atoms with E-state index in [0.29, 0.717) is 0 Å². The van der Waals surface area contributed by atoms with Crippen LogP contribution in [0.4, 0.5) is 0 Å². The van der Waals surface area contributed by atoms with E-state index < -0.39 is 5.54 Å². The fraction of sp³-hybridized carbons (Fsp3) is 0.455. The normalized spacial score (nSPS) is 14.2. The summed E-state index contributed by atoms with van der Waals surface area (Å²) in [4.78, 5) is 5.16. The third kappa shape index (κ3) is 4.82. The summed E-state index contributed by atoms with van der Waals surface area (Å²) in [7, 11) is 0. The van der Waals surface area contributed by atoms with Crippen molar-refractivity contribution < 1.29 is 0 Å². The van der Waals surface area contributed by atoms with E-state index in [1.807, 2.05) is 12.1 Å². The van der Waals surface area contributed by atoms with Crippen LogP contribution in [-0.4, -0.2) is 16.3 Å². The second-order valence-electron chi connectivity index (χ2n) is 3.66. The molecule has 1 aromatic heterocycles. The zero-order chi connectivity index (χ0) is 11.1. The maximum atomic E-state index is 8.72. The van der Waals surface area contributed by atoms with Crippen molar-refractivity contribution in [3.63, 3.8) is 0 Å². The molecule has 1 rings (SSSR count). The molecule has 0 aliphatic carbocycles. The first-order chi connectivity index (χ1) is 7.14. The monoisotopic (exact) mass is 221 g/mol. The van der Waals surface area contributed by atoms with Crippen LogP contribution in [0, 0.1) is 11.3 Å². The minimum atomic E-state index is -0.682. The lowest BCUT2D eigenvalue weighted by Crippen LogP contribution is -2.33. The minimum Gasteiger partial charge on any atom is -0.314 e. The second kappa shape index (κ2) is 5.74. The van der Waals surface area contributed by atoms with Crippen LogP contribution < -0.4 is 5.73 Å². The van der Waals surface area contributed by atoms with Gasteiger partial charge in [-0.25, -0.2) is 0 Å². The number of rotatable bonds is 5. The van der Waals surface area contributed by atoms with Gasteiger partial charge < -0.3 is 5.73 Å². The summed E-state index contributed by atoms with van der Waals surface area (Å²) in [6, 6.07) is 6.06. The minimum absolute atomic E-state index is 0.682. The van der Waals surface area contributed by atoms with Crippen LogP contribution in [0.25, 0.3) is 0 Å². The lowest BCUT2D eigenvalue weighted by molar-refractivity contribution is 0.540. The molecular formula is C11H15N3S. The second-order valence-corrected chi connectivity index (χ2v) is 4.83. The Morgan fingerprint density at radius 2 is 2.20 bits per heavy atom. The molecule has 0 fully saturated rings. The highest BCUT2D eigenvalue weighted by atomic mass is 32.2. The van der Waals surface area contributed by atoms with E-state index in [4.69, 9.17) is 11.0 Å². The lowest BCUT2D eigenvalue weighted by Gasteiger charge is -2.14. The average molecular weight is 221 g/mol. The third-order valence-corrected chi connectivity index (χ3v) is 3.11. The summed E-state index contributed by atoms with van der Waals surface area (Å²) in [5, 5.41) is 8.72. The smallest absolute Gasteiger partial charge is 0.101 e. The van der Waals surface area contributed by atoms with E-state index in [1.54, 1.807) is 31.1 Å². The van der Waals surface area contributed by atoms with Gasteiger partial charge in [0, 0.05) is 17.3 Å². The summed E-state index contributed by atoms with van der Waals surface area (Å²) >= 11 is 1.77. The molecule has 1 atom stereocenters. The molecule has 1 heterocycles. The molecule has 2 N–H and O–H groups in total. The summed E-state index contributed by atoms with van der Waals surface area (Å²) in [5.74, 6) is 0.985. The highest BCUT2D eigenvalue weighted by Crippen LogP contribution is 2.19. The highest BCUT2D eigenvalue weighted by Gasteiger charge is 2.15. The molecular weight excluding hydrogens is 206 g/mol. The molecule has 0 radical (unpaired) electrons. The molecule has 0 aliphatic heterocycles. The van der Waals surface area contributed by atoms with E-state index in [1.165, 1.54) is 4.90 Å². The fourth-order valence-electron chi connectivity index (χ4n) is 1.12. The molecule has 15 heavy (non-hydrogen) atoms. The standard InChI is InChI=1S/C11H15N3S/c1-11(13,9-12)5-2-8-15-10-3-6-14-7-4-10/h3-4,6-7H,2,5,8,13H2,1H3. The first-order valence-electron chi connectivity index (χ1n) is 4.87. The van der Waals surface area contributed by atoms with Gasteiger partial charge in [0.15, 0.2) is 0 Å². The van der Waals surface area contributed by atoms with Crippen LogP contribution in [-0.2, 0) is 0 Å². The Morgan fingerprint density at radius 1 is 1.53 bits per heavy atom. The van der Waals surface area contributed by atoms with E-state index in [0.717, 1.165) is 18.6 Å². The molecule has 4 heteroatoms. The topological polar surface area (TPSA) is 62.7 Å². The quantitative estimate of drug-likeness (QED) is 0.611. The van der Waals surface area contributed by atoms with Gasteiger partial charge in [0.25, 0.3) is 0 Å². The van der Waals surface area contributed by atoms with Crippen LogP contribution in [0.2, 0.25) is 0 Å². The van der Waals surface area contributed by atoms with Gasteiger partial charge in [-0.1, -0.05) is 0 Å². The number of hydrogen-bond donors (Lipinski definition) is 1. The number of nitrogens with zero attached hydrogens (tertiary/aromatic N) is 2. The molecule has 0 saturated carbocycles. The Bertz CT molecular complexity index is 329. The molecule has 0 aromatic carbocycles. The maximum absolute atomic E-state index is 8.72. The number of hydrogen-bond acceptors (Lipinski definition) is 4. The van der Waals surface area contributed by atoms with E-state index in [2.05, 4.69) is 11.1 Å². The van der Waals surface area contributed by atoms with Gasteiger partial charge in [-0.3, -0.25) is 4.98 Å². The molecule has 0 amide bonds. The van der Waals surface area contributed by atoms with Crippen LogP contribution in [0.1, 0.15) is 19.8 Å². The molecule has 0 spiro atoms. The number of pyridine rings is 1. The van der Waals surface area contributed by atoms with Crippen molar-refractivity contribution in [1.82, 2.24) is 4.98 Å². The Hall–Kier alpha value is -1.05. The van der Waals surface area contributed by atoms with Gasteiger partial charge in [0.1, 0.15) is 5.54 Å². The number of nitriles is 1. The number of nitrogens with two attached hydrogens (primary N) is 1. The van der Waals surface area contributed by atoms with Gasteiger partial charge in [-0.2, -0.15) is 5.26 Å². The molecule has 0 aliphatic rings. The molecule has 3 nitrogen and oxygen atoms in total. The van der Waals surface area contributed by atoms with Crippen LogP contribution >= 0.6 is 11.8 Å². The van der Waals surface area contributed by atoms with E-state index in [9.17, 15) is 0 Å². The number of thioether (sulfide) groups is 1. The van der Waals surface area contributed by atoms with Crippen molar-refractivity contribution >= 4 is 11.8 Å². The largest absolute Gasteiger partial charge is 0.314 e. The Morgan fingerprint density at radius 3 is 2.80 bits per heavy atom. The van der Waals surface area contributed by atoms with E-state index >= 15 is 0 Å². The van der Waals surface area contributed by atoms with Crippen molar-refractivity contribution in [3.05, 3.63) is 24.5 Å². The first kappa shape index (κ1) is 12.0. The van der Waals surface area contributed by atoms with Gasteiger partial charge >= 0.3 is 0 Å². The summed E-state index contributed by atoms with van der Waals surface area (Å²) in [6.45, 7) is 1.77. The zero-order valence-electron chi connectivity index (χ0n) is 8.81. The van der Waals surface area contributed by atoms with Crippen molar-refractivity contribution in [2.45, 2.75) is 30.2 Å². The molecule has 1 unspecified atom stereocenters. The predicted octanol–water partition coefficient (Wildman–Crippen LogP) is 2.19. The van der Waals surface area contributed by atoms with E-state index in [-0.39, 0.29) is 0 Å². The van der Waals surface area contributed by atoms with Crippen molar-refractivity contribution in [2.24, 2.45) is 5.73 Å². The van der Waals surface area contributed by atoms with Gasteiger partial charge in [0.2, 0.25) is 0 Å². The fourth-order valence-corrected chi connectivity index (χ4v) is 1.96. The van der Waals surface area contributed by atoms with Gasteiger partial charge in [0.05, 0.1) is 6.07 Å². The zero-order valence-corrected chi connectivity index (χ0v) is 9.63. The molecule has 80 valence electrons. The Kier molecular flexibility index (Phi) is 4.60. The first-order valence-corrected chi connectivity index (χ1v) is 5.85. The van der Waals surface area contributed by atoms with Crippen LogP contribution in [0.5, 0.6) is 0 Å². The van der Waals surface area contributed by atoms with Crippen molar-refractivity contribution in [3.8, 4) is 6.07 Å². The number of aromatic nitrogens is 1. The highest BCUT2D eigenvalue weighted by molar-refractivity contribution is 7.99. The summed E-state index contributed by atoms with van der Waals surface area (Å²) in [6.07, 6.45) is 5.25. The van der Waals surface area contributed by atoms with Crippen LogP contribution in [0.15, 0.2) is 29.4 Å². The van der Waals surface area contributed by atoms with Gasteiger partial charge in [-0.15, -0.1) is 11.8 Å². The molecule has 1 aromatic rings. The average Bonchev–Trinajstić information content (AvgIpc) is 2.26. The van der Waals surface area contributed by atoms with Crippen LogP contribution in [0.3, 0.4) is 0 Å². The maximum Gasteiger partial charge on any atom is 0.101 e. The third-order valence-electron chi connectivity index (χ3n) is 2.01. The molecule has 0 bridgehead atoms. The summed E-state index contributed by atoms with van der Waals surface area (Å²) < 4.78 is 0. The lowest BCUT2D eigenvalue weighted by atomic mass is 10.0. The predicted molar refractivity (Wildman–Crippen MR) is 62.4 cm³/mol. The Labute approximate surface area is 94.7 Å². The van der Waals surface area contributed by atoms with Crippen molar-refractivity contribution in [1.29, 1.82) is 5.26 Å². The SMILES string of the molecule is CC(N)(C#N)CCCSc1ccncc1. The molecule has 0 saturated heterocycles. The van der Waals surface area contributed by atoms with Crippen molar-refractivity contribution in [2.75, 3.05) is 5.75 Å². The summed E-state index contributed by atoms with van der Waals surface area (Å²) in [5.41, 5.74) is 5.03.